The minimum Gasteiger partial charge on any atom is -0.488 e. The largest absolute Gasteiger partial charge is 0.488 e. The van der Waals surface area contributed by atoms with E-state index in [0.29, 0.717) is 22.4 Å². The lowest BCUT2D eigenvalue weighted by Crippen LogP contribution is -2.21. The van der Waals surface area contributed by atoms with Gasteiger partial charge >= 0.3 is 0 Å². The Morgan fingerprint density at radius 1 is 1.14 bits per heavy atom. The first-order chi connectivity index (χ1) is 10.1. The molecule has 1 aliphatic heterocycles. The molecule has 1 aliphatic rings. The molecule has 21 heavy (non-hydrogen) atoms. The van der Waals surface area contributed by atoms with Gasteiger partial charge in [-0.25, -0.2) is 4.39 Å². The summed E-state index contributed by atoms with van der Waals surface area (Å²) in [5.41, 5.74) is 3.67. The first kappa shape index (κ1) is 13.6. The number of Topliss-reactive ketones (excluding diaryl/α,β-unsaturated/α-hetero) is 1. The van der Waals surface area contributed by atoms with Gasteiger partial charge in [-0.15, -0.1) is 0 Å². The van der Waals surface area contributed by atoms with Crippen molar-refractivity contribution in [1.82, 2.24) is 0 Å². The molecule has 2 nitrogen and oxygen atoms in total. The topological polar surface area (TPSA) is 26.3 Å². The number of ether oxygens (including phenoxy) is 1. The number of hydrogen-bond donors (Lipinski definition) is 0. The number of carbonyl (C=O) groups excluding carboxylic acids is 1. The molecule has 3 rings (SSSR count). The van der Waals surface area contributed by atoms with Crippen LogP contribution in [0.25, 0.3) is 6.08 Å². The lowest BCUT2D eigenvalue weighted by molar-refractivity contribution is 0.0999. The molecule has 0 radical (unpaired) electrons. The van der Waals surface area contributed by atoms with Crippen molar-refractivity contribution in [2.75, 3.05) is 6.61 Å². The van der Waals surface area contributed by atoms with Gasteiger partial charge in [0, 0.05) is 5.57 Å². The number of halogens is 1. The second-order valence-electron chi connectivity index (χ2n) is 5.25. The molecule has 106 valence electrons. The van der Waals surface area contributed by atoms with Gasteiger partial charge in [0.1, 0.15) is 18.2 Å². The zero-order chi connectivity index (χ0) is 15.0. The van der Waals surface area contributed by atoms with Crippen molar-refractivity contribution in [3.63, 3.8) is 0 Å². The first-order valence-corrected chi connectivity index (χ1v) is 6.80. The Balaban J connectivity index is 2.05. The third-order valence-corrected chi connectivity index (χ3v) is 3.64. The van der Waals surface area contributed by atoms with Crippen LogP contribution in [0.3, 0.4) is 0 Å². The summed E-state index contributed by atoms with van der Waals surface area (Å²) in [5, 5.41) is 0. The van der Waals surface area contributed by atoms with E-state index in [2.05, 4.69) is 0 Å². The van der Waals surface area contributed by atoms with Crippen LogP contribution in [0.2, 0.25) is 0 Å². The van der Waals surface area contributed by atoms with Gasteiger partial charge in [-0.3, -0.25) is 4.79 Å². The molecule has 0 aliphatic carbocycles. The maximum atomic E-state index is 13.2. The molecule has 2 aromatic carbocycles. The van der Waals surface area contributed by atoms with E-state index in [4.69, 9.17) is 4.74 Å². The van der Waals surface area contributed by atoms with E-state index in [1.807, 2.05) is 26.0 Å². The van der Waals surface area contributed by atoms with Gasteiger partial charge in [0.05, 0.1) is 5.56 Å². The fraction of sp³-hybridized carbons (Fsp3) is 0.167. The molecule has 0 spiro atoms. The highest BCUT2D eigenvalue weighted by Crippen LogP contribution is 2.33. The molecule has 0 saturated carbocycles. The predicted octanol–water partition coefficient (Wildman–Crippen LogP) is 4.10. The van der Waals surface area contributed by atoms with E-state index < -0.39 is 0 Å². The van der Waals surface area contributed by atoms with Crippen molar-refractivity contribution in [3.05, 3.63) is 70.0 Å². The Morgan fingerprint density at radius 2 is 1.90 bits per heavy atom. The lowest BCUT2D eigenvalue weighted by Gasteiger charge is -2.22. The summed E-state index contributed by atoms with van der Waals surface area (Å²) in [5.74, 6) is 0.305. The van der Waals surface area contributed by atoms with E-state index in [0.717, 1.165) is 11.1 Å². The van der Waals surface area contributed by atoms with Gasteiger partial charge in [-0.1, -0.05) is 24.3 Å². The zero-order valence-corrected chi connectivity index (χ0v) is 11.9. The van der Waals surface area contributed by atoms with Crippen LogP contribution in [0.1, 0.15) is 27.0 Å². The van der Waals surface area contributed by atoms with Gasteiger partial charge in [0.25, 0.3) is 0 Å². The number of ketones is 1. The van der Waals surface area contributed by atoms with Crippen LogP contribution in [0, 0.1) is 19.7 Å². The summed E-state index contributed by atoms with van der Waals surface area (Å²) in [4.78, 5) is 12.6. The minimum atomic E-state index is -0.319. The maximum absolute atomic E-state index is 13.2. The molecule has 0 bridgehead atoms. The third kappa shape index (κ3) is 2.47. The number of hydrogen-bond acceptors (Lipinski definition) is 2. The highest BCUT2D eigenvalue weighted by atomic mass is 19.1. The second-order valence-corrected chi connectivity index (χ2v) is 5.25. The molecule has 0 fully saturated rings. The molecule has 2 aromatic rings. The minimum absolute atomic E-state index is 0.0401. The second kappa shape index (κ2) is 5.17. The van der Waals surface area contributed by atoms with Crippen molar-refractivity contribution in [3.8, 4) is 5.75 Å². The van der Waals surface area contributed by atoms with E-state index in [1.54, 1.807) is 18.2 Å². The fourth-order valence-electron chi connectivity index (χ4n) is 2.53. The van der Waals surface area contributed by atoms with Crippen LogP contribution in [0.15, 0.2) is 42.0 Å². The van der Waals surface area contributed by atoms with Gasteiger partial charge in [-0.2, -0.15) is 0 Å². The van der Waals surface area contributed by atoms with Crippen LogP contribution < -0.4 is 4.74 Å². The van der Waals surface area contributed by atoms with Gasteiger partial charge < -0.3 is 4.74 Å². The highest BCUT2D eigenvalue weighted by Gasteiger charge is 2.26. The van der Waals surface area contributed by atoms with Crippen molar-refractivity contribution in [2.24, 2.45) is 0 Å². The average Bonchev–Trinajstić information content (AvgIpc) is 2.45. The normalized spacial score (nSPS) is 15.8. The summed E-state index contributed by atoms with van der Waals surface area (Å²) in [6.07, 6.45) is 1.69. The Hall–Kier alpha value is -2.42. The summed E-state index contributed by atoms with van der Waals surface area (Å²) in [7, 11) is 0. The Morgan fingerprint density at radius 3 is 2.67 bits per heavy atom. The molecule has 0 saturated heterocycles. The molecular weight excluding hydrogens is 267 g/mol. The smallest absolute Gasteiger partial charge is 0.196 e. The number of benzene rings is 2. The number of fused-ring (bicyclic) bond motifs is 1. The predicted molar refractivity (Wildman–Crippen MR) is 80.1 cm³/mol. The molecule has 0 amide bonds. The number of aryl methyl sites for hydroxylation is 2. The molecule has 3 heteroatoms. The zero-order valence-electron chi connectivity index (χ0n) is 11.9. The monoisotopic (exact) mass is 282 g/mol. The van der Waals surface area contributed by atoms with Gasteiger partial charge in [-0.05, 0) is 48.7 Å². The lowest BCUT2D eigenvalue weighted by atomic mass is 9.93. The van der Waals surface area contributed by atoms with Crippen LogP contribution in [-0.2, 0) is 0 Å². The van der Waals surface area contributed by atoms with E-state index >= 15 is 0 Å². The number of rotatable bonds is 1. The van der Waals surface area contributed by atoms with E-state index in [-0.39, 0.29) is 18.2 Å². The third-order valence-electron chi connectivity index (χ3n) is 3.64. The highest BCUT2D eigenvalue weighted by molar-refractivity contribution is 6.15. The molecule has 0 atom stereocenters. The van der Waals surface area contributed by atoms with Crippen LogP contribution >= 0.6 is 0 Å². The van der Waals surface area contributed by atoms with Gasteiger partial charge in [0.2, 0.25) is 0 Å². The van der Waals surface area contributed by atoms with Crippen molar-refractivity contribution in [1.29, 1.82) is 0 Å². The van der Waals surface area contributed by atoms with Crippen LogP contribution in [-0.4, -0.2) is 12.4 Å². The number of carbonyl (C=O) groups is 1. The average molecular weight is 282 g/mol. The Bertz CT molecular complexity index is 760. The molecule has 0 unspecified atom stereocenters. The van der Waals surface area contributed by atoms with Crippen LogP contribution in [0.4, 0.5) is 4.39 Å². The Kier molecular flexibility index (Phi) is 3.34. The molecule has 0 N–H and O–H groups in total. The standard InChI is InChI=1S/C18H15FO2/c1-11-6-7-12(2)18-16(11)17(20)14(10-21-18)8-13-4-3-5-15(19)9-13/h3-9H,10H2,1-2H3/b14-8+. The van der Waals surface area contributed by atoms with E-state index in [9.17, 15) is 9.18 Å². The quantitative estimate of drug-likeness (QED) is 0.736. The van der Waals surface area contributed by atoms with Crippen LogP contribution in [0.5, 0.6) is 5.75 Å². The first-order valence-electron chi connectivity index (χ1n) is 6.80. The summed E-state index contributed by atoms with van der Waals surface area (Å²) in [6, 6.07) is 10.0. The summed E-state index contributed by atoms with van der Waals surface area (Å²) >= 11 is 0. The molecule has 0 aromatic heterocycles. The SMILES string of the molecule is Cc1ccc(C)c2c1OC/C(=C\c1cccc(F)c1)C2=O. The van der Waals surface area contributed by atoms with Crippen molar-refractivity contribution < 1.29 is 13.9 Å². The fourth-order valence-corrected chi connectivity index (χ4v) is 2.53. The summed E-state index contributed by atoms with van der Waals surface area (Å²) < 4.78 is 19.0. The Labute approximate surface area is 122 Å². The maximum Gasteiger partial charge on any atom is 0.196 e. The molecular formula is C18H15FO2. The molecule has 1 heterocycles. The van der Waals surface area contributed by atoms with Crippen molar-refractivity contribution >= 4 is 11.9 Å². The van der Waals surface area contributed by atoms with Gasteiger partial charge in [0.15, 0.2) is 5.78 Å². The summed E-state index contributed by atoms with van der Waals surface area (Å²) in [6.45, 7) is 4.03. The van der Waals surface area contributed by atoms with E-state index in [1.165, 1.54) is 12.1 Å². The van der Waals surface area contributed by atoms with Crippen molar-refractivity contribution in [2.45, 2.75) is 13.8 Å².